The lowest BCUT2D eigenvalue weighted by atomic mass is 9.99. The highest BCUT2D eigenvalue weighted by molar-refractivity contribution is 5.70. The van der Waals surface area contributed by atoms with Gasteiger partial charge in [-0.25, -0.2) is 0 Å². The van der Waals surface area contributed by atoms with Gasteiger partial charge < -0.3 is 39.4 Å². The van der Waals surface area contributed by atoms with Crippen molar-refractivity contribution in [3.05, 3.63) is 24.3 Å². The van der Waals surface area contributed by atoms with E-state index in [2.05, 4.69) is 38.2 Å². The summed E-state index contributed by atoms with van der Waals surface area (Å²) in [6.45, 7) is 3.46. The van der Waals surface area contributed by atoms with Gasteiger partial charge in [-0.3, -0.25) is 9.59 Å². The molecule has 1 rings (SSSR count). The lowest BCUT2D eigenvalue weighted by molar-refractivity contribution is -0.305. The monoisotopic (exact) mass is 923 g/mol. The summed E-state index contributed by atoms with van der Waals surface area (Å²) >= 11 is 0. The highest BCUT2D eigenvalue weighted by atomic mass is 16.7. The number of hydrogen-bond donors (Lipinski definition) is 4. The van der Waals surface area contributed by atoms with E-state index in [1.165, 1.54) is 186 Å². The SMILES string of the molecule is CCCCCCCC/C=C/CCCCCCCCCCCCCC(=O)OC[C@@H](CO[C@H]1O[C@@H](CO)[C@@H](O)C(O)C1O)OC(=O)CCCCCCCCCCC/C=C/CCCCCCCC. The minimum atomic E-state index is -1.59. The minimum Gasteiger partial charge on any atom is -0.462 e. The lowest BCUT2D eigenvalue weighted by Crippen LogP contribution is -2.59. The molecule has 0 spiro atoms. The molecule has 6 atom stereocenters. The van der Waals surface area contributed by atoms with Crippen LogP contribution < -0.4 is 0 Å². The Morgan fingerprint density at radius 1 is 0.462 bits per heavy atom. The summed E-state index contributed by atoms with van der Waals surface area (Å²) in [6, 6.07) is 0. The first-order valence-corrected chi connectivity index (χ1v) is 27.4. The predicted molar refractivity (Wildman–Crippen MR) is 266 cm³/mol. The molecule has 1 aliphatic rings. The zero-order chi connectivity index (χ0) is 47.3. The fourth-order valence-electron chi connectivity index (χ4n) is 8.47. The van der Waals surface area contributed by atoms with Crippen molar-refractivity contribution in [3.63, 3.8) is 0 Å². The standard InChI is InChI=1S/C55H102O10/c1-3-5-7-9-11-13-15-17-19-21-23-24-26-27-29-31-33-35-37-39-41-43-50(57)62-46-48(47-63-55-54(61)53(60)52(59)49(45-56)65-55)64-51(58)44-42-40-38-36-34-32-30-28-25-22-20-18-16-14-12-10-8-6-4-2/h17-20,48-49,52-56,59-61H,3-16,21-47H2,1-2H3/b19-17+,20-18+/t48-,49-,52+,53?,54?,55-/m0/s1. The number of carbonyl (C=O) groups excluding carboxylic acids is 2. The third-order valence-corrected chi connectivity index (χ3v) is 12.8. The van der Waals surface area contributed by atoms with E-state index in [0.717, 1.165) is 38.5 Å². The number of aliphatic hydroxyl groups is 4. The molecule has 1 aliphatic heterocycles. The van der Waals surface area contributed by atoms with Crippen molar-refractivity contribution >= 4 is 11.9 Å². The van der Waals surface area contributed by atoms with Crippen LogP contribution in [0.3, 0.4) is 0 Å². The first-order chi connectivity index (χ1) is 31.8. The van der Waals surface area contributed by atoms with Crippen LogP contribution in [0.25, 0.3) is 0 Å². The van der Waals surface area contributed by atoms with E-state index in [0.29, 0.717) is 6.42 Å². The molecule has 382 valence electrons. The average Bonchev–Trinajstić information content (AvgIpc) is 3.30. The molecule has 10 heteroatoms. The van der Waals surface area contributed by atoms with Gasteiger partial charge in [-0.15, -0.1) is 0 Å². The molecule has 0 aliphatic carbocycles. The Hall–Kier alpha value is -1.82. The van der Waals surface area contributed by atoms with Crippen LogP contribution in [0, 0.1) is 0 Å². The van der Waals surface area contributed by atoms with Crippen LogP contribution in [-0.4, -0.2) is 89.0 Å². The van der Waals surface area contributed by atoms with E-state index in [4.69, 9.17) is 18.9 Å². The average molecular weight is 923 g/mol. The van der Waals surface area contributed by atoms with Gasteiger partial charge in [0.1, 0.15) is 31.0 Å². The van der Waals surface area contributed by atoms with Gasteiger partial charge in [0.15, 0.2) is 12.4 Å². The van der Waals surface area contributed by atoms with E-state index in [1.807, 2.05) is 0 Å². The fourth-order valence-corrected chi connectivity index (χ4v) is 8.47. The maximum Gasteiger partial charge on any atom is 0.306 e. The van der Waals surface area contributed by atoms with Gasteiger partial charge in [-0.1, -0.05) is 205 Å². The van der Waals surface area contributed by atoms with E-state index >= 15 is 0 Å². The smallest absolute Gasteiger partial charge is 0.306 e. The van der Waals surface area contributed by atoms with Crippen LogP contribution in [0.15, 0.2) is 24.3 Å². The molecule has 0 amide bonds. The number of hydrogen-bond acceptors (Lipinski definition) is 10. The molecular weight excluding hydrogens is 821 g/mol. The van der Waals surface area contributed by atoms with Crippen molar-refractivity contribution in [2.24, 2.45) is 0 Å². The highest BCUT2D eigenvalue weighted by Crippen LogP contribution is 2.23. The van der Waals surface area contributed by atoms with E-state index in [-0.39, 0.29) is 32.0 Å². The lowest BCUT2D eigenvalue weighted by Gasteiger charge is -2.39. The van der Waals surface area contributed by atoms with Crippen molar-refractivity contribution in [3.8, 4) is 0 Å². The Balaban J connectivity index is 2.22. The largest absolute Gasteiger partial charge is 0.462 e. The Morgan fingerprint density at radius 2 is 0.815 bits per heavy atom. The molecule has 1 saturated heterocycles. The van der Waals surface area contributed by atoms with Crippen molar-refractivity contribution in [1.82, 2.24) is 0 Å². The maximum atomic E-state index is 12.9. The zero-order valence-corrected chi connectivity index (χ0v) is 42.0. The molecule has 0 aromatic heterocycles. The Bertz CT molecular complexity index is 1110. The molecule has 0 aromatic carbocycles. The maximum absolute atomic E-state index is 12.9. The molecular formula is C55H102O10. The molecule has 0 aromatic rings. The number of carbonyl (C=O) groups is 2. The third kappa shape index (κ3) is 36.8. The highest BCUT2D eigenvalue weighted by Gasteiger charge is 2.44. The Labute approximate surface area is 398 Å². The number of esters is 2. The number of ether oxygens (including phenoxy) is 4. The quantitative estimate of drug-likeness (QED) is 0.0264. The zero-order valence-electron chi connectivity index (χ0n) is 42.0. The van der Waals surface area contributed by atoms with E-state index in [1.54, 1.807) is 0 Å². The second kappa shape index (κ2) is 45.9. The second-order valence-corrected chi connectivity index (χ2v) is 19.0. The van der Waals surface area contributed by atoms with Gasteiger partial charge in [0.05, 0.1) is 13.2 Å². The van der Waals surface area contributed by atoms with Crippen molar-refractivity contribution in [1.29, 1.82) is 0 Å². The predicted octanol–water partition coefficient (Wildman–Crippen LogP) is 13.2. The number of aliphatic hydroxyl groups excluding tert-OH is 4. The molecule has 65 heavy (non-hydrogen) atoms. The van der Waals surface area contributed by atoms with Crippen molar-refractivity contribution < 1.29 is 49.0 Å². The second-order valence-electron chi connectivity index (χ2n) is 19.0. The van der Waals surface area contributed by atoms with Gasteiger partial charge >= 0.3 is 11.9 Å². The summed E-state index contributed by atoms with van der Waals surface area (Å²) in [5, 5.41) is 40.3. The normalized spacial score (nSPS) is 19.4. The van der Waals surface area contributed by atoms with Crippen LogP contribution in [0.2, 0.25) is 0 Å². The molecule has 10 nitrogen and oxygen atoms in total. The molecule has 4 N–H and O–H groups in total. The first-order valence-electron chi connectivity index (χ1n) is 27.4. The Morgan fingerprint density at radius 3 is 1.20 bits per heavy atom. The number of allylic oxidation sites excluding steroid dienone is 4. The van der Waals surface area contributed by atoms with Crippen molar-refractivity contribution in [2.75, 3.05) is 19.8 Å². The summed E-state index contributed by atoms with van der Waals surface area (Å²) < 4.78 is 22.3. The number of rotatable bonds is 47. The van der Waals surface area contributed by atoms with Gasteiger partial charge in [0.2, 0.25) is 0 Å². The first kappa shape index (κ1) is 61.2. The number of unbranched alkanes of at least 4 members (excludes halogenated alkanes) is 32. The van der Waals surface area contributed by atoms with Crippen LogP contribution in [0.1, 0.15) is 258 Å². The minimum absolute atomic E-state index is 0.215. The summed E-state index contributed by atoms with van der Waals surface area (Å²) in [4.78, 5) is 25.5. The molecule has 2 unspecified atom stereocenters. The Kier molecular flexibility index (Phi) is 43.2. The third-order valence-electron chi connectivity index (χ3n) is 12.8. The molecule has 0 bridgehead atoms. The van der Waals surface area contributed by atoms with Gasteiger partial charge in [-0.05, 0) is 64.2 Å². The summed E-state index contributed by atoms with van der Waals surface area (Å²) in [5.41, 5.74) is 0. The van der Waals surface area contributed by atoms with Crippen LogP contribution in [0.5, 0.6) is 0 Å². The van der Waals surface area contributed by atoms with Gasteiger partial charge in [0.25, 0.3) is 0 Å². The summed E-state index contributed by atoms with van der Waals surface area (Å²) in [5.74, 6) is -0.797. The fraction of sp³-hybridized carbons (Fsp3) is 0.891. The van der Waals surface area contributed by atoms with E-state index in [9.17, 15) is 30.0 Å². The van der Waals surface area contributed by atoms with Gasteiger partial charge in [-0.2, -0.15) is 0 Å². The molecule has 1 fully saturated rings. The topological polar surface area (TPSA) is 152 Å². The molecule has 0 radical (unpaired) electrons. The summed E-state index contributed by atoms with van der Waals surface area (Å²) in [6.07, 6.45) is 46.1. The van der Waals surface area contributed by atoms with Crippen LogP contribution in [0.4, 0.5) is 0 Å². The van der Waals surface area contributed by atoms with Crippen molar-refractivity contribution in [2.45, 2.75) is 295 Å². The van der Waals surface area contributed by atoms with Crippen LogP contribution in [-0.2, 0) is 28.5 Å². The van der Waals surface area contributed by atoms with Gasteiger partial charge in [0, 0.05) is 12.8 Å². The van der Waals surface area contributed by atoms with E-state index < -0.39 is 49.4 Å². The van der Waals surface area contributed by atoms with Crippen LogP contribution >= 0.6 is 0 Å². The summed E-state index contributed by atoms with van der Waals surface area (Å²) in [7, 11) is 0. The molecule has 0 saturated carbocycles. The molecule has 1 heterocycles.